The zero-order chi connectivity index (χ0) is 19.8. The van der Waals surface area contributed by atoms with Gasteiger partial charge in [0.05, 0.1) is 22.5 Å². The number of anilines is 1. The van der Waals surface area contributed by atoms with Gasteiger partial charge >= 0.3 is 0 Å². The molecule has 0 spiro atoms. The van der Waals surface area contributed by atoms with Gasteiger partial charge in [-0.2, -0.15) is 0 Å². The molecule has 1 aromatic carbocycles. The van der Waals surface area contributed by atoms with E-state index in [1.165, 1.54) is 24.2 Å². The van der Waals surface area contributed by atoms with Gasteiger partial charge in [0, 0.05) is 37.2 Å². The SMILES string of the molecule is Cc1nc(C(=O)N2CCN(c3ccc4ncnc(OCC5CC5)c4c3)CC2)cs1. The van der Waals surface area contributed by atoms with Crippen LogP contribution in [0.4, 0.5) is 5.69 Å². The fourth-order valence-electron chi connectivity index (χ4n) is 3.61. The van der Waals surface area contributed by atoms with Crippen LogP contribution < -0.4 is 9.64 Å². The van der Waals surface area contributed by atoms with Gasteiger partial charge in [-0.15, -0.1) is 11.3 Å². The highest BCUT2D eigenvalue weighted by molar-refractivity contribution is 7.09. The summed E-state index contributed by atoms with van der Waals surface area (Å²) in [6, 6.07) is 6.21. The molecule has 1 amide bonds. The van der Waals surface area contributed by atoms with Crippen molar-refractivity contribution in [1.82, 2.24) is 19.9 Å². The summed E-state index contributed by atoms with van der Waals surface area (Å²) in [6.07, 6.45) is 4.06. The summed E-state index contributed by atoms with van der Waals surface area (Å²) in [7, 11) is 0. The van der Waals surface area contributed by atoms with Crippen molar-refractivity contribution in [2.24, 2.45) is 5.92 Å². The number of aryl methyl sites for hydroxylation is 1. The first kappa shape index (κ1) is 18.3. The van der Waals surface area contributed by atoms with Gasteiger partial charge in [-0.05, 0) is 43.9 Å². The zero-order valence-corrected chi connectivity index (χ0v) is 17.2. The monoisotopic (exact) mass is 409 g/mol. The highest BCUT2D eigenvalue weighted by Crippen LogP contribution is 2.32. The molecule has 1 aliphatic heterocycles. The minimum atomic E-state index is 0.0247. The maximum absolute atomic E-state index is 12.6. The van der Waals surface area contributed by atoms with E-state index in [9.17, 15) is 4.79 Å². The first-order chi connectivity index (χ1) is 14.2. The van der Waals surface area contributed by atoms with Crippen LogP contribution in [-0.2, 0) is 0 Å². The maximum Gasteiger partial charge on any atom is 0.273 e. The van der Waals surface area contributed by atoms with Gasteiger partial charge in [-0.3, -0.25) is 4.79 Å². The molecule has 5 rings (SSSR count). The Kier molecular flexibility index (Phi) is 4.79. The lowest BCUT2D eigenvalue weighted by Crippen LogP contribution is -2.48. The number of rotatable bonds is 5. The molecule has 2 aliphatic rings. The number of benzene rings is 1. The first-order valence-electron chi connectivity index (χ1n) is 10.0. The number of thiazole rings is 1. The predicted octanol–water partition coefficient (Wildman–Crippen LogP) is 3.15. The lowest BCUT2D eigenvalue weighted by atomic mass is 10.2. The van der Waals surface area contributed by atoms with Crippen molar-refractivity contribution in [3.05, 3.63) is 40.6 Å². The molecule has 2 fully saturated rings. The van der Waals surface area contributed by atoms with E-state index in [0.29, 0.717) is 30.6 Å². The van der Waals surface area contributed by atoms with Crippen LogP contribution in [0.1, 0.15) is 28.3 Å². The predicted molar refractivity (Wildman–Crippen MR) is 113 cm³/mol. The lowest BCUT2D eigenvalue weighted by molar-refractivity contribution is 0.0741. The van der Waals surface area contributed by atoms with Crippen molar-refractivity contribution in [3.63, 3.8) is 0 Å². The van der Waals surface area contributed by atoms with Crippen LogP contribution >= 0.6 is 11.3 Å². The van der Waals surface area contributed by atoms with Crippen LogP contribution in [0.25, 0.3) is 10.9 Å². The number of carbonyl (C=O) groups is 1. The van der Waals surface area contributed by atoms with Gasteiger partial charge in [0.2, 0.25) is 5.88 Å². The molecule has 1 aliphatic carbocycles. The van der Waals surface area contributed by atoms with E-state index in [1.54, 1.807) is 6.33 Å². The topological polar surface area (TPSA) is 71.5 Å². The highest BCUT2D eigenvalue weighted by Gasteiger charge is 2.25. The van der Waals surface area contributed by atoms with E-state index < -0.39 is 0 Å². The van der Waals surface area contributed by atoms with E-state index >= 15 is 0 Å². The molecular formula is C21H23N5O2S. The fourth-order valence-corrected chi connectivity index (χ4v) is 4.19. The number of amides is 1. The highest BCUT2D eigenvalue weighted by atomic mass is 32.1. The van der Waals surface area contributed by atoms with Crippen LogP contribution in [0, 0.1) is 12.8 Å². The van der Waals surface area contributed by atoms with E-state index in [2.05, 4.69) is 32.0 Å². The second kappa shape index (κ2) is 7.59. The second-order valence-corrected chi connectivity index (χ2v) is 8.73. The van der Waals surface area contributed by atoms with Crippen molar-refractivity contribution in [2.75, 3.05) is 37.7 Å². The van der Waals surface area contributed by atoms with Crippen molar-refractivity contribution < 1.29 is 9.53 Å². The molecule has 0 N–H and O–H groups in total. The third-order valence-corrected chi connectivity index (χ3v) is 6.28. The van der Waals surface area contributed by atoms with Gasteiger partial charge in [0.15, 0.2) is 0 Å². The van der Waals surface area contributed by atoms with Crippen molar-refractivity contribution in [2.45, 2.75) is 19.8 Å². The van der Waals surface area contributed by atoms with E-state index in [1.807, 2.05) is 23.3 Å². The number of nitrogens with zero attached hydrogens (tertiary/aromatic N) is 5. The average Bonchev–Trinajstić information content (AvgIpc) is 3.49. The lowest BCUT2D eigenvalue weighted by Gasteiger charge is -2.36. The molecule has 2 aromatic heterocycles. The summed E-state index contributed by atoms with van der Waals surface area (Å²) < 4.78 is 5.96. The molecule has 29 heavy (non-hydrogen) atoms. The standard InChI is InChI=1S/C21H23N5O2S/c1-14-24-19(12-29-14)21(27)26-8-6-25(7-9-26)16-4-5-18-17(10-16)20(23-13-22-18)28-11-15-2-3-15/h4-5,10,12-13,15H,2-3,6-9,11H2,1H3. The largest absolute Gasteiger partial charge is 0.477 e. The van der Waals surface area contributed by atoms with Crippen molar-refractivity contribution >= 4 is 33.8 Å². The van der Waals surface area contributed by atoms with Gasteiger partial charge in [-0.25, -0.2) is 15.0 Å². The molecule has 8 heteroatoms. The Labute approximate surface area is 173 Å². The smallest absolute Gasteiger partial charge is 0.273 e. The number of hydrogen-bond donors (Lipinski definition) is 0. The summed E-state index contributed by atoms with van der Waals surface area (Å²) >= 11 is 1.51. The molecule has 0 atom stereocenters. The van der Waals surface area contributed by atoms with Crippen molar-refractivity contribution in [1.29, 1.82) is 0 Å². The summed E-state index contributed by atoms with van der Waals surface area (Å²) in [5.41, 5.74) is 2.56. The molecule has 150 valence electrons. The Morgan fingerprint density at radius 1 is 1.21 bits per heavy atom. The summed E-state index contributed by atoms with van der Waals surface area (Å²) in [5.74, 6) is 1.36. The minimum Gasteiger partial charge on any atom is -0.477 e. The summed E-state index contributed by atoms with van der Waals surface area (Å²) in [4.78, 5) is 29.9. The third-order valence-electron chi connectivity index (χ3n) is 5.51. The molecule has 0 bridgehead atoms. The Hall–Kier alpha value is -2.74. The number of hydrogen-bond acceptors (Lipinski definition) is 7. The zero-order valence-electron chi connectivity index (χ0n) is 16.4. The number of ether oxygens (including phenoxy) is 1. The Morgan fingerprint density at radius 2 is 2.03 bits per heavy atom. The Bertz CT molecular complexity index is 1040. The molecule has 0 unspecified atom stereocenters. The Balaban J connectivity index is 1.29. The number of aromatic nitrogens is 3. The van der Waals surface area contributed by atoms with Gasteiger partial charge in [-0.1, -0.05) is 0 Å². The van der Waals surface area contributed by atoms with Gasteiger partial charge in [0.25, 0.3) is 5.91 Å². The van der Waals surface area contributed by atoms with Crippen molar-refractivity contribution in [3.8, 4) is 5.88 Å². The average molecular weight is 410 g/mol. The van der Waals surface area contributed by atoms with Crippen LogP contribution in [0.15, 0.2) is 29.9 Å². The van der Waals surface area contributed by atoms with Crippen LogP contribution in [-0.4, -0.2) is 58.5 Å². The summed E-state index contributed by atoms with van der Waals surface area (Å²) in [5, 5.41) is 3.71. The Morgan fingerprint density at radius 3 is 2.76 bits per heavy atom. The van der Waals surface area contributed by atoms with Crippen LogP contribution in [0.3, 0.4) is 0 Å². The van der Waals surface area contributed by atoms with E-state index in [0.717, 1.165) is 41.3 Å². The molecule has 3 aromatic rings. The molecule has 0 radical (unpaired) electrons. The normalized spacial score (nSPS) is 17.0. The number of piperazine rings is 1. The van der Waals surface area contributed by atoms with Gasteiger partial charge < -0.3 is 14.5 Å². The van der Waals surface area contributed by atoms with Gasteiger partial charge in [0.1, 0.15) is 12.0 Å². The quantitative estimate of drug-likeness (QED) is 0.645. The number of fused-ring (bicyclic) bond motifs is 1. The number of carbonyl (C=O) groups excluding carboxylic acids is 1. The minimum absolute atomic E-state index is 0.0247. The molecule has 1 saturated carbocycles. The maximum atomic E-state index is 12.6. The third kappa shape index (κ3) is 3.89. The fraction of sp³-hybridized carbons (Fsp3) is 0.429. The van der Waals surface area contributed by atoms with E-state index in [4.69, 9.17) is 4.74 Å². The molecular weight excluding hydrogens is 386 g/mol. The molecule has 7 nitrogen and oxygen atoms in total. The first-order valence-corrected chi connectivity index (χ1v) is 10.9. The van der Waals surface area contributed by atoms with E-state index in [-0.39, 0.29) is 5.91 Å². The molecule has 3 heterocycles. The second-order valence-electron chi connectivity index (χ2n) is 7.67. The van der Waals surface area contributed by atoms with Crippen LogP contribution in [0.2, 0.25) is 0 Å². The molecule has 1 saturated heterocycles. The van der Waals surface area contributed by atoms with Crippen LogP contribution in [0.5, 0.6) is 5.88 Å². The summed E-state index contributed by atoms with van der Waals surface area (Å²) in [6.45, 7) is 5.59.